The minimum Gasteiger partial charge on any atom is -0.383 e. The largest absolute Gasteiger partial charge is 0.383 e. The van der Waals surface area contributed by atoms with Crippen molar-refractivity contribution in [2.24, 2.45) is 5.73 Å². The Hall–Kier alpha value is -1.37. The molecule has 1 atom stereocenters. The third-order valence-corrected chi connectivity index (χ3v) is 3.46. The molecule has 1 heterocycles. The molecular weight excluding hydrogens is 330 g/mol. The summed E-state index contributed by atoms with van der Waals surface area (Å²) in [5, 5.41) is 10.6. The third-order valence-electron chi connectivity index (χ3n) is 3.03. The van der Waals surface area contributed by atoms with Crippen molar-refractivity contribution in [1.82, 2.24) is 4.98 Å². The van der Waals surface area contributed by atoms with Crippen molar-refractivity contribution in [2.45, 2.75) is 12.0 Å². The first-order chi connectivity index (χ1) is 9.44. The van der Waals surface area contributed by atoms with Gasteiger partial charge in [0.25, 0.3) is 0 Å². The van der Waals surface area contributed by atoms with Crippen molar-refractivity contribution in [3.8, 4) is 0 Å². The summed E-state index contributed by atoms with van der Waals surface area (Å²) in [5.74, 6) is -1.32. The lowest BCUT2D eigenvalue weighted by Gasteiger charge is -2.27. The lowest BCUT2D eigenvalue weighted by molar-refractivity contribution is 0.0421. The highest BCUT2D eigenvalue weighted by Gasteiger charge is 2.31. The van der Waals surface area contributed by atoms with Gasteiger partial charge in [-0.2, -0.15) is 0 Å². The maximum atomic E-state index is 13.8. The summed E-state index contributed by atoms with van der Waals surface area (Å²) in [6.07, 6.45) is 3.17. The van der Waals surface area contributed by atoms with E-state index in [2.05, 4.69) is 20.9 Å². The van der Waals surface area contributed by atoms with Crippen LogP contribution in [0.1, 0.15) is 11.1 Å². The molecule has 0 aliphatic heterocycles. The van der Waals surface area contributed by atoms with E-state index < -0.39 is 17.2 Å². The number of aromatic nitrogens is 1. The molecule has 1 unspecified atom stereocenters. The molecule has 0 amide bonds. The Kier molecular flexibility index (Phi) is 4.47. The van der Waals surface area contributed by atoms with Gasteiger partial charge in [-0.3, -0.25) is 4.98 Å². The average molecular weight is 343 g/mol. The van der Waals surface area contributed by atoms with Crippen LogP contribution < -0.4 is 5.73 Å². The second-order valence-corrected chi connectivity index (χ2v) is 5.46. The molecule has 106 valence electrons. The van der Waals surface area contributed by atoms with Gasteiger partial charge in [-0.25, -0.2) is 8.78 Å². The number of nitrogens with two attached hydrogens (primary N) is 1. The van der Waals surface area contributed by atoms with E-state index in [1.807, 2.05) is 0 Å². The predicted molar refractivity (Wildman–Crippen MR) is 75.0 cm³/mol. The third kappa shape index (κ3) is 3.20. The standard InChI is InChI=1S/C14H13BrF2N2O/c15-10-3-9(6-19-7-10)5-14(20,8-18)12-4-11(16)1-2-13(12)17/h1-4,6-7,20H,5,8,18H2. The van der Waals surface area contributed by atoms with Gasteiger partial charge in [-0.05, 0) is 45.8 Å². The first kappa shape index (κ1) is 15.0. The lowest BCUT2D eigenvalue weighted by atomic mass is 9.87. The van der Waals surface area contributed by atoms with Crippen LogP contribution in [0.3, 0.4) is 0 Å². The monoisotopic (exact) mass is 342 g/mol. The van der Waals surface area contributed by atoms with Crippen molar-refractivity contribution in [1.29, 1.82) is 0 Å². The van der Waals surface area contributed by atoms with Crippen molar-refractivity contribution in [3.05, 3.63) is 63.9 Å². The summed E-state index contributed by atoms with van der Waals surface area (Å²) in [5.41, 5.74) is 4.40. The van der Waals surface area contributed by atoms with E-state index in [1.54, 1.807) is 18.5 Å². The number of pyridine rings is 1. The summed E-state index contributed by atoms with van der Waals surface area (Å²) >= 11 is 3.26. The second-order valence-electron chi connectivity index (χ2n) is 4.55. The molecule has 3 N–H and O–H groups in total. The highest BCUT2D eigenvalue weighted by molar-refractivity contribution is 9.10. The zero-order chi connectivity index (χ0) is 14.8. The summed E-state index contributed by atoms with van der Waals surface area (Å²) < 4.78 is 27.8. The van der Waals surface area contributed by atoms with E-state index >= 15 is 0 Å². The number of hydrogen-bond donors (Lipinski definition) is 2. The van der Waals surface area contributed by atoms with Crippen LogP contribution >= 0.6 is 15.9 Å². The van der Waals surface area contributed by atoms with Crippen molar-refractivity contribution >= 4 is 15.9 Å². The van der Waals surface area contributed by atoms with Crippen LogP contribution in [-0.4, -0.2) is 16.6 Å². The zero-order valence-corrected chi connectivity index (χ0v) is 12.1. The zero-order valence-electron chi connectivity index (χ0n) is 10.5. The Morgan fingerprint density at radius 1 is 1.25 bits per heavy atom. The molecule has 0 bridgehead atoms. The molecule has 3 nitrogen and oxygen atoms in total. The first-order valence-electron chi connectivity index (χ1n) is 5.92. The van der Waals surface area contributed by atoms with Crippen LogP contribution in [0.25, 0.3) is 0 Å². The van der Waals surface area contributed by atoms with Crippen LogP contribution in [0.4, 0.5) is 8.78 Å². The summed E-state index contributed by atoms with van der Waals surface area (Å²) in [6.45, 7) is -0.236. The van der Waals surface area contributed by atoms with E-state index in [-0.39, 0.29) is 18.5 Å². The fourth-order valence-corrected chi connectivity index (χ4v) is 2.43. The van der Waals surface area contributed by atoms with Crippen molar-refractivity contribution < 1.29 is 13.9 Å². The number of aliphatic hydroxyl groups is 1. The van der Waals surface area contributed by atoms with Gasteiger partial charge in [0.1, 0.15) is 17.2 Å². The number of nitrogens with zero attached hydrogens (tertiary/aromatic N) is 1. The molecule has 20 heavy (non-hydrogen) atoms. The highest BCUT2D eigenvalue weighted by atomic mass is 79.9. The number of hydrogen-bond acceptors (Lipinski definition) is 3. The fraction of sp³-hybridized carbons (Fsp3) is 0.214. The Labute approximate surface area is 123 Å². The average Bonchev–Trinajstić information content (AvgIpc) is 2.41. The first-order valence-corrected chi connectivity index (χ1v) is 6.71. The molecule has 1 aromatic carbocycles. The van der Waals surface area contributed by atoms with Gasteiger partial charge in [0.05, 0.1) is 0 Å². The van der Waals surface area contributed by atoms with Gasteiger partial charge in [0, 0.05) is 35.4 Å². The van der Waals surface area contributed by atoms with Gasteiger partial charge in [-0.15, -0.1) is 0 Å². The van der Waals surface area contributed by atoms with E-state index in [0.717, 1.165) is 22.7 Å². The molecule has 0 fully saturated rings. The van der Waals surface area contributed by atoms with Crippen molar-refractivity contribution in [3.63, 3.8) is 0 Å². The topological polar surface area (TPSA) is 59.1 Å². The summed E-state index contributed by atoms with van der Waals surface area (Å²) in [4.78, 5) is 3.97. The number of rotatable bonds is 4. The molecule has 1 aromatic heterocycles. The number of benzene rings is 1. The van der Waals surface area contributed by atoms with Gasteiger partial charge in [0.2, 0.25) is 0 Å². The van der Waals surface area contributed by atoms with E-state index in [9.17, 15) is 13.9 Å². The molecule has 2 aromatic rings. The van der Waals surface area contributed by atoms with Crippen LogP contribution in [-0.2, 0) is 12.0 Å². The fourth-order valence-electron chi connectivity index (χ4n) is 2.02. The highest BCUT2D eigenvalue weighted by Crippen LogP contribution is 2.28. The minimum absolute atomic E-state index is 0.0380. The summed E-state index contributed by atoms with van der Waals surface area (Å²) in [7, 11) is 0. The van der Waals surface area contributed by atoms with Gasteiger partial charge in [0.15, 0.2) is 0 Å². The minimum atomic E-state index is -1.69. The van der Waals surface area contributed by atoms with Crippen LogP contribution in [0, 0.1) is 11.6 Å². The maximum absolute atomic E-state index is 13.8. The van der Waals surface area contributed by atoms with Crippen molar-refractivity contribution in [2.75, 3.05) is 6.54 Å². The van der Waals surface area contributed by atoms with Crippen LogP contribution in [0.5, 0.6) is 0 Å². The second kappa shape index (κ2) is 5.95. The maximum Gasteiger partial charge on any atom is 0.129 e. The Balaban J connectivity index is 2.40. The van der Waals surface area contributed by atoms with Gasteiger partial charge >= 0.3 is 0 Å². The van der Waals surface area contributed by atoms with Gasteiger partial charge in [-0.1, -0.05) is 0 Å². The lowest BCUT2D eigenvalue weighted by Crippen LogP contribution is -2.38. The molecule has 2 rings (SSSR count). The molecule has 0 saturated heterocycles. The SMILES string of the molecule is NCC(O)(Cc1cncc(Br)c1)c1cc(F)ccc1F. The molecule has 0 aliphatic carbocycles. The molecule has 0 spiro atoms. The smallest absolute Gasteiger partial charge is 0.129 e. The Morgan fingerprint density at radius 3 is 2.65 bits per heavy atom. The quantitative estimate of drug-likeness (QED) is 0.897. The van der Waals surface area contributed by atoms with Crippen LogP contribution in [0.15, 0.2) is 41.1 Å². The molecule has 0 radical (unpaired) electrons. The molecular formula is C14H13BrF2N2O. The predicted octanol–water partition coefficient (Wildman–Crippen LogP) is 2.51. The summed E-state index contributed by atoms with van der Waals surface area (Å²) in [6, 6.07) is 4.68. The number of halogens is 3. The Morgan fingerprint density at radius 2 is 2.00 bits per heavy atom. The van der Waals surface area contributed by atoms with Crippen LogP contribution in [0.2, 0.25) is 0 Å². The molecule has 6 heteroatoms. The molecule has 0 saturated carbocycles. The normalized spacial score (nSPS) is 14.1. The van der Waals surface area contributed by atoms with Gasteiger partial charge < -0.3 is 10.8 Å². The van der Waals surface area contributed by atoms with E-state index in [4.69, 9.17) is 5.73 Å². The van der Waals surface area contributed by atoms with E-state index in [1.165, 1.54) is 0 Å². The molecule has 0 aliphatic rings. The Bertz CT molecular complexity index is 624. The van der Waals surface area contributed by atoms with E-state index in [0.29, 0.717) is 5.56 Å².